The molecule has 32 heavy (non-hydrogen) atoms. The second kappa shape index (κ2) is 9.23. The Bertz CT molecular complexity index is 1090. The first kappa shape index (κ1) is 21.6. The third-order valence-corrected chi connectivity index (χ3v) is 5.57. The Morgan fingerprint density at radius 2 is 1.88 bits per heavy atom. The molecular weight excluding hydrogens is 410 g/mol. The van der Waals surface area contributed by atoms with E-state index in [1.54, 1.807) is 6.92 Å². The first-order valence-electron chi connectivity index (χ1n) is 10.4. The highest BCUT2D eigenvalue weighted by molar-refractivity contribution is 5.90. The molecule has 0 spiro atoms. The topological polar surface area (TPSA) is 105 Å². The zero-order valence-corrected chi connectivity index (χ0v) is 17.9. The van der Waals surface area contributed by atoms with Gasteiger partial charge in [-0.25, -0.2) is 4.79 Å². The molecule has 3 aromatic rings. The van der Waals surface area contributed by atoms with Gasteiger partial charge in [-0.15, -0.1) is 0 Å². The van der Waals surface area contributed by atoms with Crippen LogP contribution in [-0.4, -0.2) is 40.3 Å². The molecule has 1 aliphatic rings. The van der Waals surface area contributed by atoms with Crippen molar-refractivity contribution in [3.05, 3.63) is 71.4 Å². The molecule has 1 saturated heterocycles. The molecular formula is C24H25N3O5. The summed E-state index contributed by atoms with van der Waals surface area (Å²) in [5, 5.41) is 15.7. The lowest BCUT2D eigenvalue weighted by Crippen LogP contribution is -2.49. The van der Waals surface area contributed by atoms with E-state index < -0.39 is 18.2 Å². The van der Waals surface area contributed by atoms with E-state index in [0.717, 1.165) is 16.7 Å². The minimum Gasteiger partial charge on any atom is -0.481 e. The summed E-state index contributed by atoms with van der Waals surface area (Å²) in [6.45, 7) is 5.38. The number of nitrogens with zero attached hydrogens (tertiary/aromatic N) is 2. The van der Waals surface area contributed by atoms with Crippen LogP contribution in [0.2, 0.25) is 0 Å². The maximum Gasteiger partial charge on any atom is 0.412 e. The number of hydrogen-bond acceptors (Lipinski definition) is 6. The van der Waals surface area contributed by atoms with Gasteiger partial charge in [-0.1, -0.05) is 59.8 Å². The molecule has 0 aliphatic carbocycles. The predicted octanol–water partition coefficient (Wildman–Crippen LogP) is 4.48. The lowest BCUT2D eigenvalue weighted by atomic mass is 9.99. The summed E-state index contributed by atoms with van der Waals surface area (Å²) in [5.74, 6) is -0.563. The van der Waals surface area contributed by atoms with Gasteiger partial charge < -0.3 is 14.4 Å². The number of benzene rings is 2. The SMILES string of the molecule is Cc1noc(-c2ccc(CN3CC(C(=O)O)C3)cc2)c1NC(=O)OC(C)c1ccccc1. The molecule has 8 heteroatoms. The van der Waals surface area contributed by atoms with E-state index in [0.29, 0.717) is 36.8 Å². The van der Waals surface area contributed by atoms with Crippen LogP contribution < -0.4 is 5.32 Å². The number of nitrogens with one attached hydrogen (secondary N) is 1. The van der Waals surface area contributed by atoms with Gasteiger partial charge >= 0.3 is 12.1 Å². The molecule has 1 amide bonds. The number of aromatic nitrogens is 1. The number of amides is 1. The molecule has 166 valence electrons. The number of carbonyl (C=O) groups excluding carboxylic acids is 1. The summed E-state index contributed by atoms with van der Waals surface area (Å²) in [6, 6.07) is 17.2. The molecule has 2 aromatic carbocycles. The van der Waals surface area contributed by atoms with Gasteiger partial charge in [-0.2, -0.15) is 0 Å². The molecule has 2 N–H and O–H groups in total. The number of aliphatic carboxylic acids is 1. The largest absolute Gasteiger partial charge is 0.481 e. The Morgan fingerprint density at radius 3 is 2.53 bits per heavy atom. The Hall–Kier alpha value is -3.65. The lowest BCUT2D eigenvalue weighted by Gasteiger charge is -2.36. The van der Waals surface area contributed by atoms with Gasteiger partial charge in [0.1, 0.15) is 17.5 Å². The van der Waals surface area contributed by atoms with E-state index in [4.69, 9.17) is 14.4 Å². The van der Waals surface area contributed by atoms with Gasteiger partial charge in [-0.05, 0) is 25.0 Å². The number of ether oxygens (including phenoxy) is 1. The summed E-state index contributed by atoms with van der Waals surface area (Å²) in [6.07, 6.45) is -0.988. The average Bonchev–Trinajstić information content (AvgIpc) is 3.11. The zero-order chi connectivity index (χ0) is 22.7. The summed E-state index contributed by atoms with van der Waals surface area (Å²) < 4.78 is 11.0. The molecule has 1 unspecified atom stereocenters. The van der Waals surface area contributed by atoms with Crippen molar-refractivity contribution >= 4 is 17.7 Å². The molecule has 1 aromatic heterocycles. The van der Waals surface area contributed by atoms with Gasteiger partial charge in [0.15, 0.2) is 5.76 Å². The third kappa shape index (κ3) is 4.81. The number of carboxylic acid groups (broad SMARTS) is 1. The number of anilines is 1. The summed E-state index contributed by atoms with van der Waals surface area (Å²) in [7, 11) is 0. The van der Waals surface area contributed by atoms with Crippen LogP contribution in [0.4, 0.5) is 10.5 Å². The van der Waals surface area contributed by atoms with Crippen LogP contribution in [0.25, 0.3) is 11.3 Å². The van der Waals surface area contributed by atoms with Gasteiger partial charge in [-0.3, -0.25) is 15.0 Å². The Kier molecular flexibility index (Phi) is 6.23. The van der Waals surface area contributed by atoms with Gasteiger partial charge in [0, 0.05) is 25.2 Å². The van der Waals surface area contributed by atoms with Crippen LogP contribution >= 0.6 is 0 Å². The number of aryl methyl sites for hydroxylation is 1. The minimum absolute atomic E-state index is 0.274. The van der Waals surface area contributed by atoms with Gasteiger partial charge in [0.2, 0.25) is 0 Å². The van der Waals surface area contributed by atoms with E-state index in [1.165, 1.54) is 0 Å². The van der Waals surface area contributed by atoms with E-state index in [2.05, 4.69) is 15.4 Å². The number of carboxylic acids is 1. The fourth-order valence-corrected chi connectivity index (χ4v) is 3.67. The minimum atomic E-state index is -0.742. The van der Waals surface area contributed by atoms with Crippen LogP contribution in [0.5, 0.6) is 0 Å². The highest BCUT2D eigenvalue weighted by atomic mass is 16.6. The van der Waals surface area contributed by atoms with E-state index in [1.807, 2.05) is 61.5 Å². The number of likely N-dealkylation sites (tertiary alicyclic amines) is 1. The predicted molar refractivity (Wildman–Crippen MR) is 118 cm³/mol. The average molecular weight is 435 g/mol. The van der Waals surface area contributed by atoms with Crippen LogP contribution in [0.1, 0.15) is 29.8 Å². The van der Waals surface area contributed by atoms with Crippen molar-refractivity contribution in [1.29, 1.82) is 0 Å². The molecule has 4 rings (SSSR count). The highest BCUT2D eigenvalue weighted by Crippen LogP contribution is 2.32. The fourth-order valence-electron chi connectivity index (χ4n) is 3.67. The van der Waals surface area contributed by atoms with Crippen LogP contribution in [-0.2, 0) is 16.1 Å². The van der Waals surface area contributed by atoms with Gasteiger partial charge in [0.25, 0.3) is 0 Å². The van der Waals surface area contributed by atoms with Crippen molar-refractivity contribution < 1.29 is 24.0 Å². The number of rotatable bonds is 7. The fraction of sp³-hybridized carbons (Fsp3) is 0.292. The van der Waals surface area contributed by atoms with Crippen molar-refractivity contribution in [3.63, 3.8) is 0 Å². The standard InChI is InChI=1S/C24H25N3O5/c1-15-21(25-24(30)31-16(2)18-6-4-3-5-7-18)22(32-26-15)19-10-8-17(9-11-19)12-27-13-20(14-27)23(28)29/h3-11,16,20H,12-14H2,1-2H3,(H,25,30)(H,28,29). The maximum atomic E-state index is 12.5. The Balaban J connectivity index is 1.40. The number of hydrogen-bond donors (Lipinski definition) is 2. The molecule has 2 heterocycles. The van der Waals surface area contributed by atoms with Gasteiger partial charge in [0.05, 0.1) is 5.92 Å². The monoisotopic (exact) mass is 435 g/mol. The molecule has 1 atom stereocenters. The lowest BCUT2D eigenvalue weighted by molar-refractivity contribution is -0.147. The first-order valence-corrected chi connectivity index (χ1v) is 10.4. The summed E-state index contributed by atoms with van der Waals surface area (Å²) in [5.41, 5.74) is 3.76. The first-order chi connectivity index (χ1) is 15.4. The summed E-state index contributed by atoms with van der Waals surface area (Å²) >= 11 is 0. The molecule has 1 aliphatic heterocycles. The van der Waals surface area contributed by atoms with Crippen molar-refractivity contribution in [2.45, 2.75) is 26.5 Å². The van der Waals surface area contributed by atoms with E-state index in [-0.39, 0.29) is 5.92 Å². The van der Waals surface area contributed by atoms with Crippen LogP contribution in [0.3, 0.4) is 0 Å². The second-order valence-corrected chi connectivity index (χ2v) is 7.98. The normalized spacial score (nSPS) is 15.1. The van der Waals surface area contributed by atoms with Crippen molar-refractivity contribution in [1.82, 2.24) is 10.1 Å². The third-order valence-electron chi connectivity index (χ3n) is 5.57. The van der Waals surface area contributed by atoms with E-state index >= 15 is 0 Å². The van der Waals surface area contributed by atoms with Crippen molar-refractivity contribution in [2.24, 2.45) is 5.92 Å². The molecule has 0 saturated carbocycles. The molecule has 0 radical (unpaired) electrons. The maximum absolute atomic E-state index is 12.5. The van der Waals surface area contributed by atoms with Crippen molar-refractivity contribution in [2.75, 3.05) is 18.4 Å². The van der Waals surface area contributed by atoms with E-state index in [9.17, 15) is 9.59 Å². The molecule has 0 bridgehead atoms. The second-order valence-electron chi connectivity index (χ2n) is 7.98. The molecule has 8 nitrogen and oxygen atoms in total. The Morgan fingerprint density at radius 1 is 1.19 bits per heavy atom. The smallest absolute Gasteiger partial charge is 0.412 e. The van der Waals surface area contributed by atoms with Crippen LogP contribution in [0.15, 0.2) is 59.1 Å². The van der Waals surface area contributed by atoms with Crippen molar-refractivity contribution in [3.8, 4) is 11.3 Å². The zero-order valence-electron chi connectivity index (χ0n) is 17.9. The summed E-state index contributed by atoms with van der Waals surface area (Å²) in [4.78, 5) is 25.5. The number of carbonyl (C=O) groups is 2. The molecule has 1 fully saturated rings. The quantitative estimate of drug-likeness (QED) is 0.564. The van der Waals surface area contributed by atoms with Crippen LogP contribution in [0, 0.1) is 12.8 Å². The Labute approximate surface area is 185 Å². The highest BCUT2D eigenvalue weighted by Gasteiger charge is 2.32.